The van der Waals surface area contributed by atoms with Crippen LogP contribution in [0.3, 0.4) is 0 Å². The molecule has 7 heteroatoms. The first kappa shape index (κ1) is 16.1. The highest BCUT2D eigenvalue weighted by molar-refractivity contribution is 5.92. The minimum absolute atomic E-state index is 0.377. The zero-order valence-corrected chi connectivity index (χ0v) is 10.8. The summed E-state index contributed by atoms with van der Waals surface area (Å²) >= 11 is 0. The van der Waals surface area contributed by atoms with Crippen LogP contribution in [0.15, 0.2) is 12.2 Å². The Labute approximate surface area is 106 Å². The van der Waals surface area contributed by atoms with Gasteiger partial charge in [0.05, 0.1) is 7.11 Å². The van der Waals surface area contributed by atoms with Gasteiger partial charge in [-0.1, -0.05) is 0 Å². The minimum Gasteiger partial charge on any atom is -0.466 e. The first-order chi connectivity index (χ1) is 8.45. The van der Waals surface area contributed by atoms with E-state index < -0.39 is 17.8 Å². The van der Waals surface area contributed by atoms with Gasteiger partial charge in [0.1, 0.15) is 0 Å². The second-order valence-electron chi connectivity index (χ2n) is 3.62. The van der Waals surface area contributed by atoms with Crippen molar-refractivity contribution in [2.75, 3.05) is 40.9 Å². The van der Waals surface area contributed by atoms with Crippen molar-refractivity contribution in [3.63, 3.8) is 0 Å². The molecule has 0 saturated carbocycles. The number of amides is 1. The number of methoxy groups -OCH3 is 1. The second-order valence-corrected chi connectivity index (χ2v) is 3.62. The fourth-order valence-corrected chi connectivity index (χ4v) is 0.859. The molecule has 0 bridgehead atoms. The molecule has 0 aliphatic carbocycles. The molecule has 1 amide bonds. The third kappa shape index (κ3) is 9.34. The molecule has 0 radical (unpaired) electrons. The van der Waals surface area contributed by atoms with E-state index in [1.165, 1.54) is 7.11 Å². The van der Waals surface area contributed by atoms with Crippen molar-refractivity contribution < 1.29 is 23.9 Å². The number of rotatable bonds is 7. The van der Waals surface area contributed by atoms with Crippen LogP contribution < -0.4 is 5.32 Å². The van der Waals surface area contributed by atoms with Gasteiger partial charge in [-0.25, -0.2) is 9.59 Å². The van der Waals surface area contributed by atoms with Gasteiger partial charge in [0.2, 0.25) is 0 Å². The summed E-state index contributed by atoms with van der Waals surface area (Å²) in [4.78, 5) is 34.8. The van der Waals surface area contributed by atoms with Gasteiger partial charge in [0.15, 0.2) is 6.61 Å². The molecular weight excluding hydrogens is 240 g/mol. The predicted molar refractivity (Wildman–Crippen MR) is 63.7 cm³/mol. The average molecular weight is 258 g/mol. The average Bonchev–Trinajstić information content (AvgIpc) is 2.32. The van der Waals surface area contributed by atoms with Crippen molar-refractivity contribution in [3.8, 4) is 0 Å². The van der Waals surface area contributed by atoms with Gasteiger partial charge < -0.3 is 19.7 Å². The molecule has 0 rings (SSSR count). The van der Waals surface area contributed by atoms with Crippen LogP contribution in [0.5, 0.6) is 0 Å². The molecule has 0 fully saturated rings. The number of ether oxygens (including phenoxy) is 2. The quantitative estimate of drug-likeness (QED) is 0.462. The van der Waals surface area contributed by atoms with Crippen LogP contribution in [-0.4, -0.2) is 63.6 Å². The number of likely N-dealkylation sites (N-methyl/N-ethyl adjacent to an activating group) is 1. The Morgan fingerprint density at radius 1 is 1.17 bits per heavy atom. The number of nitrogens with one attached hydrogen (secondary N) is 1. The summed E-state index contributed by atoms with van der Waals surface area (Å²) in [5.74, 6) is -1.83. The van der Waals surface area contributed by atoms with Crippen LogP contribution in [0.2, 0.25) is 0 Å². The van der Waals surface area contributed by atoms with Crippen molar-refractivity contribution in [2.45, 2.75) is 0 Å². The number of carbonyl (C=O) groups is 3. The van der Waals surface area contributed by atoms with E-state index in [9.17, 15) is 14.4 Å². The molecule has 1 N–H and O–H groups in total. The van der Waals surface area contributed by atoms with Gasteiger partial charge in [-0.05, 0) is 14.1 Å². The van der Waals surface area contributed by atoms with Crippen LogP contribution in [0.1, 0.15) is 0 Å². The second kappa shape index (κ2) is 9.17. The van der Waals surface area contributed by atoms with Gasteiger partial charge in [-0.3, -0.25) is 4.79 Å². The first-order valence-electron chi connectivity index (χ1n) is 5.30. The maximum absolute atomic E-state index is 11.2. The molecule has 0 aliphatic heterocycles. The van der Waals surface area contributed by atoms with Crippen molar-refractivity contribution in [1.29, 1.82) is 0 Å². The summed E-state index contributed by atoms with van der Waals surface area (Å²) in [7, 11) is 4.95. The van der Waals surface area contributed by atoms with E-state index in [0.717, 1.165) is 12.2 Å². The van der Waals surface area contributed by atoms with Crippen LogP contribution in [0.25, 0.3) is 0 Å². The Balaban J connectivity index is 3.75. The lowest BCUT2D eigenvalue weighted by molar-refractivity contribution is -0.144. The minimum atomic E-state index is -0.775. The number of hydrogen-bond donors (Lipinski definition) is 1. The Kier molecular flexibility index (Phi) is 8.21. The molecule has 0 aromatic rings. The van der Waals surface area contributed by atoms with Crippen LogP contribution in [0, 0.1) is 0 Å². The predicted octanol–water partition coefficient (Wildman–Crippen LogP) is -1.06. The lowest BCUT2D eigenvalue weighted by Crippen LogP contribution is -2.34. The zero-order chi connectivity index (χ0) is 14.0. The summed E-state index contributed by atoms with van der Waals surface area (Å²) < 4.78 is 8.88. The SMILES string of the molecule is COC(=O)C=CC(=O)OCC(=O)NCCN(C)C. The Morgan fingerprint density at radius 3 is 2.33 bits per heavy atom. The maximum Gasteiger partial charge on any atom is 0.331 e. The van der Waals surface area contributed by atoms with E-state index in [1.54, 1.807) is 0 Å². The fraction of sp³-hybridized carbons (Fsp3) is 0.545. The number of esters is 2. The molecule has 0 aromatic carbocycles. The molecule has 7 nitrogen and oxygen atoms in total. The Morgan fingerprint density at radius 2 is 1.78 bits per heavy atom. The van der Waals surface area contributed by atoms with Gasteiger partial charge in [0.25, 0.3) is 5.91 Å². The molecule has 0 saturated heterocycles. The molecule has 0 aromatic heterocycles. The Hall–Kier alpha value is -1.89. The van der Waals surface area contributed by atoms with E-state index in [4.69, 9.17) is 0 Å². The van der Waals surface area contributed by atoms with E-state index in [-0.39, 0.29) is 6.61 Å². The number of nitrogens with zero attached hydrogens (tertiary/aromatic N) is 1. The lowest BCUT2D eigenvalue weighted by atomic mass is 10.5. The van der Waals surface area contributed by atoms with Crippen LogP contribution >= 0.6 is 0 Å². The third-order valence-corrected chi connectivity index (χ3v) is 1.78. The highest BCUT2D eigenvalue weighted by Gasteiger charge is 2.05. The number of carbonyl (C=O) groups excluding carboxylic acids is 3. The summed E-state index contributed by atoms with van der Waals surface area (Å²) in [5.41, 5.74) is 0. The molecule has 18 heavy (non-hydrogen) atoms. The van der Waals surface area contributed by atoms with Crippen LogP contribution in [-0.2, 0) is 23.9 Å². The monoisotopic (exact) mass is 258 g/mol. The Bertz CT molecular complexity index is 325. The standard InChI is InChI=1S/C11H18N2O5/c1-13(2)7-6-12-9(14)8-18-11(16)5-4-10(15)17-3/h4-5H,6-8H2,1-3H3,(H,12,14). The van der Waals surface area contributed by atoms with E-state index in [2.05, 4.69) is 14.8 Å². The fourth-order valence-electron chi connectivity index (χ4n) is 0.859. The molecule has 0 unspecified atom stereocenters. The van der Waals surface area contributed by atoms with Crippen molar-refractivity contribution >= 4 is 17.8 Å². The lowest BCUT2D eigenvalue weighted by Gasteiger charge is -2.10. The van der Waals surface area contributed by atoms with Gasteiger partial charge in [-0.15, -0.1) is 0 Å². The topological polar surface area (TPSA) is 84.9 Å². The summed E-state index contributed by atoms with van der Waals surface area (Å²) in [6, 6.07) is 0. The van der Waals surface area contributed by atoms with Gasteiger partial charge in [0, 0.05) is 25.2 Å². The molecule has 0 atom stereocenters. The van der Waals surface area contributed by atoms with Gasteiger partial charge in [-0.2, -0.15) is 0 Å². The van der Waals surface area contributed by atoms with Gasteiger partial charge >= 0.3 is 11.9 Å². The van der Waals surface area contributed by atoms with E-state index in [1.807, 2.05) is 19.0 Å². The highest BCUT2D eigenvalue weighted by Crippen LogP contribution is 1.84. The summed E-state index contributed by atoms with van der Waals surface area (Å²) in [6.45, 7) is 0.793. The third-order valence-electron chi connectivity index (χ3n) is 1.78. The summed E-state index contributed by atoms with van der Waals surface area (Å²) in [6.07, 6.45) is 1.82. The molecule has 0 aliphatic rings. The zero-order valence-electron chi connectivity index (χ0n) is 10.8. The van der Waals surface area contributed by atoms with Crippen molar-refractivity contribution in [1.82, 2.24) is 10.2 Å². The molecular formula is C11H18N2O5. The van der Waals surface area contributed by atoms with Crippen molar-refractivity contribution in [2.24, 2.45) is 0 Å². The highest BCUT2D eigenvalue weighted by atomic mass is 16.5. The first-order valence-corrected chi connectivity index (χ1v) is 5.30. The normalized spacial score (nSPS) is 10.4. The van der Waals surface area contributed by atoms with Crippen LogP contribution in [0.4, 0.5) is 0 Å². The summed E-state index contributed by atoms with van der Waals surface area (Å²) in [5, 5.41) is 2.57. The molecule has 0 heterocycles. The smallest absolute Gasteiger partial charge is 0.331 e. The largest absolute Gasteiger partial charge is 0.466 e. The molecule has 102 valence electrons. The number of hydrogen-bond acceptors (Lipinski definition) is 6. The van der Waals surface area contributed by atoms with E-state index in [0.29, 0.717) is 13.1 Å². The van der Waals surface area contributed by atoms with Crippen molar-refractivity contribution in [3.05, 3.63) is 12.2 Å². The van der Waals surface area contributed by atoms with E-state index >= 15 is 0 Å². The molecule has 0 spiro atoms. The maximum atomic E-state index is 11.2.